The standard InChI is InChI=1S/C3HCl2N2/c4-3-1-6-2-7(3)5/h1H. The molecule has 7 heavy (non-hydrogen) atoms. The van der Waals surface area contributed by atoms with Crippen molar-refractivity contribution in [1.29, 1.82) is 0 Å². The number of rotatable bonds is 0. The molecule has 0 saturated heterocycles. The van der Waals surface area contributed by atoms with Gasteiger partial charge in [0, 0.05) is 11.8 Å². The average molecular weight is 136 g/mol. The van der Waals surface area contributed by atoms with Crippen LogP contribution in [0.25, 0.3) is 0 Å². The van der Waals surface area contributed by atoms with Crippen LogP contribution in [0.15, 0.2) is 6.20 Å². The van der Waals surface area contributed by atoms with Crippen LogP contribution in [-0.4, -0.2) is 9.07 Å². The lowest BCUT2D eigenvalue weighted by Gasteiger charge is -1.78. The maximum absolute atomic E-state index is 5.36. The van der Waals surface area contributed by atoms with Crippen molar-refractivity contribution in [2.75, 3.05) is 0 Å². The van der Waals surface area contributed by atoms with Gasteiger partial charge in [-0.2, -0.15) is 0 Å². The summed E-state index contributed by atoms with van der Waals surface area (Å²) in [6.07, 6.45) is 3.78. The van der Waals surface area contributed by atoms with E-state index in [0.29, 0.717) is 5.15 Å². The van der Waals surface area contributed by atoms with Gasteiger partial charge in [-0.05, 0) is 0 Å². The van der Waals surface area contributed by atoms with E-state index in [0.717, 1.165) is 4.09 Å². The highest BCUT2D eigenvalue weighted by atomic mass is 35.5. The molecule has 1 aromatic heterocycles. The number of hydrogen-bond donors (Lipinski definition) is 0. The van der Waals surface area contributed by atoms with Gasteiger partial charge < -0.3 is 0 Å². The van der Waals surface area contributed by atoms with E-state index in [9.17, 15) is 0 Å². The summed E-state index contributed by atoms with van der Waals surface area (Å²) in [5, 5.41) is 0.377. The van der Waals surface area contributed by atoms with Crippen molar-refractivity contribution < 1.29 is 0 Å². The molecule has 1 aromatic rings. The van der Waals surface area contributed by atoms with Gasteiger partial charge in [0.1, 0.15) is 5.15 Å². The van der Waals surface area contributed by atoms with E-state index < -0.39 is 0 Å². The van der Waals surface area contributed by atoms with Gasteiger partial charge in [-0.1, -0.05) is 11.6 Å². The van der Waals surface area contributed by atoms with E-state index >= 15 is 0 Å². The van der Waals surface area contributed by atoms with Crippen LogP contribution in [0.1, 0.15) is 0 Å². The Morgan fingerprint density at radius 2 is 2.57 bits per heavy atom. The first-order chi connectivity index (χ1) is 3.30. The Labute approximate surface area is 50.8 Å². The first-order valence-electron chi connectivity index (χ1n) is 1.58. The molecular formula is C3HCl2N2. The average Bonchev–Trinajstić information content (AvgIpc) is 1.91. The number of aromatic nitrogens is 2. The van der Waals surface area contributed by atoms with Crippen molar-refractivity contribution in [2.24, 2.45) is 0 Å². The van der Waals surface area contributed by atoms with Gasteiger partial charge in [-0.25, -0.2) is 9.07 Å². The summed E-state index contributed by atoms with van der Waals surface area (Å²) in [5.74, 6) is 0. The summed E-state index contributed by atoms with van der Waals surface area (Å²) in [6.45, 7) is 0. The predicted molar refractivity (Wildman–Crippen MR) is 27.3 cm³/mol. The second-order valence-electron chi connectivity index (χ2n) is 0.962. The third-order valence-corrected chi connectivity index (χ3v) is 1.11. The highest BCUT2D eigenvalue weighted by Gasteiger charge is 1.90. The summed E-state index contributed by atoms with van der Waals surface area (Å²) >= 11 is 10.7. The number of nitrogens with zero attached hydrogens (tertiary/aromatic N) is 2. The van der Waals surface area contributed by atoms with Gasteiger partial charge in [-0.15, -0.1) is 0 Å². The molecule has 0 fully saturated rings. The predicted octanol–water partition coefficient (Wildman–Crippen LogP) is 1.34. The summed E-state index contributed by atoms with van der Waals surface area (Å²) in [6, 6.07) is 0. The molecular weight excluding hydrogens is 135 g/mol. The van der Waals surface area contributed by atoms with Gasteiger partial charge in [0.15, 0.2) is 6.33 Å². The highest BCUT2D eigenvalue weighted by Crippen LogP contribution is 2.05. The van der Waals surface area contributed by atoms with E-state index in [1.54, 1.807) is 0 Å². The van der Waals surface area contributed by atoms with Crippen LogP contribution in [0.3, 0.4) is 0 Å². The molecule has 4 heteroatoms. The summed E-state index contributed by atoms with van der Waals surface area (Å²) in [7, 11) is 0. The molecule has 0 saturated carbocycles. The minimum absolute atomic E-state index is 0.377. The van der Waals surface area contributed by atoms with Crippen LogP contribution in [-0.2, 0) is 0 Å². The van der Waals surface area contributed by atoms with Crippen molar-refractivity contribution in [2.45, 2.75) is 0 Å². The molecule has 0 aliphatic carbocycles. The summed E-state index contributed by atoms with van der Waals surface area (Å²) < 4.78 is 1.08. The second kappa shape index (κ2) is 1.72. The van der Waals surface area contributed by atoms with Crippen molar-refractivity contribution >= 4 is 23.4 Å². The fourth-order valence-electron chi connectivity index (χ4n) is 0.231. The van der Waals surface area contributed by atoms with Crippen LogP contribution in [0.2, 0.25) is 5.15 Å². The zero-order chi connectivity index (χ0) is 5.28. The minimum Gasteiger partial charge on any atom is -0.231 e. The smallest absolute Gasteiger partial charge is 0.194 e. The molecule has 37 valence electrons. The van der Waals surface area contributed by atoms with Crippen molar-refractivity contribution in [3.05, 3.63) is 17.7 Å². The molecule has 2 nitrogen and oxygen atoms in total. The third-order valence-electron chi connectivity index (χ3n) is 0.504. The fourth-order valence-corrected chi connectivity index (χ4v) is 0.405. The Kier molecular flexibility index (Phi) is 1.21. The third kappa shape index (κ3) is 0.868. The van der Waals surface area contributed by atoms with E-state index in [4.69, 9.17) is 23.4 Å². The zero-order valence-corrected chi connectivity index (χ0v) is 4.74. The van der Waals surface area contributed by atoms with Gasteiger partial charge in [0.2, 0.25) is 0 Å². The van der Waals surface area contributed by atoms with Crippen LogP contribution < -0.4 is 0 Å². The first kappa shape index (κ1) is 4.94. The molecule has 1 radical (unpaired) electrons. The topological polar surface area (TPSA) is 17.8 Å². The van der Waals surface area contributed by atoms with Gasteiger partial charge >= 0.3 is 0 Å². The normalized spacial score (nSPS) is 9.43. The Morgan fingerprint density at radius 1 is 1.86 bits per heavy atom. The number of hydrogen-bond acceptors (Lipinski definition) is 1. The minimum atomic E-state index is 0.377. The van der Waals surface area contributed by atoms with E-state index in [2.05, 4.69) is 11.3 Å². The number of halogens is 2. The molecule has 1 rings (SSSR count). The van der Waals surface area contributed by atoms with Crippen LogP contribution >= 0.6 is 23.4 Å². The molecule has 0 spiro atoms. The molecule has 0 unspecified atom stereocenters. The summed E-state index contributed by atoms with van der Waals surface area (Å²) in [4.78, 5) is 3.50. The van der Waals surface area contributed by atoms with Crippen molar-refractivity contribution in [1.82, 2.24) is 9.07 Å². The second-order valence-corrected chi connectivity index (χ2v) is 1.69. The SMILES string of the molecule is Clc1cn[c]n1Cl. The molecule has 0 aliphatic rings. The van der Waals surface area contributed by atoms with E-state index in [-0.39, 0.29) is 0 Å². The summed E-state index contributed by atoms with van der Waals surface area (Å²) in [5.41, 5.74) is 0. The maximum atomic E-state index is 5.36. The van der Waals surface area contributed by atoms with Crippen LogP contribution in [0.4, 0.5) is 0 Å². The van der Waals surface area contributed by atoms with Crippen LogP contribution in [0.5, 0.6) is 0 Å². The van der Waals surface area contributed by atoms with Crippen molar-refractivity contribution in [3.63, 3.8) is 0 Å². The lowest BCUT2D eigenvalue weighted by molar-refractivity contribution is 1.19. The van der Waals surface area contributed by atoms with Gasteiger partial charge in [0.25, 0.3) is 0 Å². The molecule has 0 atom stereocenters. The lowest BCUT2D eigenvalue weighted by atomic mass is 11.0. The molecule has 0 amide bonds. The Balaban J connectivity index is 3.12. The highest BCUT2D eigenvalue weighted by molar-refractivity contribution is 6.32. The molecule has 0 N–H and O–H groups in total. The zero-order valence-electron chi connectivity index (χ0n) is 3.23. The quantitative estimate of drug-likeness (QED) is 0.526. The molecule has 1 heterocycles. The van der Waals surface area contributed by atoms with Crippen LogP contribution in [0, 0.1) is 6.33 Å². The van der Waals surface area contributed by atoms with Gasteiger partial charge in [0.05, 0.1) is 6.20 Å². The van der Waals surface area contributed by atoms with E-state index in [1.165, 1.54) is 6.20 Å². The van der Waals surface area contributed by atoms with Crippen molar-refractivity contribution in [3.8, 4) is 0 Å². The fraction of sp³-hybridized carbons (Fsp3) is 0. The number of imidazole rings is 1. The molecule has 0 aliphatic heterocycles. The first-order valence-corrected chi connectivity index (χ1v) is 2.29. The lowest BCUT2D eigenvalue weighted by Crippen LogP contribution is -1.71. The molecule has 0 aromatic carbocycles. The monoisotopic (exact) mass is 135 g/mol. The Morgan fingerprint density at radius 3 is 2.71 bits per heavy atom. The molecule has 0 bridgehead atoms. The van der Waals surface area contributed by atoms with Gasteiger partial charge in [-0.3, -0.25) is 0 Å². The Bertz CT molecular complexity index is 143. The van der Waals surface area contributed by atoms with E-state index in [1.807, 2.05) is 0 Å². The maximum Gasteiger partial charge on any atom is 0.194 e. The largest absolute Gasteiger partial charge is 0.231 e. The Hall–Kier alpha value is -0.210.